The molecule has 1 heterocycles. The van der Waals surface area contributed by atoms with Crippen molar-refractivity contribution in [1.29, 1.82) is 0 Å². The van der Waals surface area contributed by atoms with Crippen molar-refractivity contribution in [1.82, 2.24) is 9.97 Å². The number of rotatable bonds is 2. The number of aromatic nitrogens is 2. The minimum Gasteiger partial charge on any atom is -0.361 e. The molecule has 0 aliphatic rings. The third kappa shape index (κ3) is 3.50. The van der Waals surface area contributed by atoms with Crippen LogP contribution < -0.4 is 5.32 Å². The number of nitrogens with zero attached hydrogens (tertiary/aromatic N) is 2. The second-order valence-electron chi connectivity index (χ2n) is 2.31. The van der Waals surface area contributed by atoms with Gasteiger partial charge in [0.15, 0.2) is 0 Å². The number of nitrogens with one attached hydrogen (secondary N) is 1. The fourth-order valence-electron chi connectivity index (χ4n) is 0.671. The van der Waals surface area contributed by atoms with Gasteiger partial charge in [0.05, 0.1) is 0 Å². The van der Waals surface area contributed by atoms with Gasteiger partial charge in [0.25, 0.3) is 0 Å². The first kappa shape index (κ1) is 10.6. The lowest BCUT2D eigenvalue weighted by molar-refractivity contribution is -0.115. The number of hydrogen-bond donors (Lipinski definition) is 1. The van der Waals surface area contributed by atoms with Crippen molar-refractivity contribution < 1.29 is 22.0 Å². The monoisotopic (exact) mass is 213 g/mol. The summed E-state index contributed by atoms with van der Waals surface area (Å²) in [6, 6.07) is 0.564. The van der Waals surface area contributed by atoms with Gasteiger partial charge in [-0.1, -0.05) is 0 Å². The van der Waals surface area contributed by atoms with Crippen molar-refractivity contribution in [3.8, 4) is 0 Å². The number of hydrogen-bond acceptors (Lipinski definition) is 3. The molecule has 0 saturated carbocycles. The maximum absolute atomic E-state index is 12.3. The molecule has 0 bridgehead atoms. The van der Waals surface area contributed by atoms with Gasteiger partial charge in [-0.2, -0.15) is 31.9 Å². The van der Waals surface area contributed by atoms with Crippen LogP contribution in [0.15, 0.2) is 6.07 Å². The van der Waals surface area contributed by atoms with E-state index in [1.165, 1.54) is 0 Å². The highest BCUT2D eigenvalue weighted by atomic mass is 19.4. The fraction of sp³-hybridized carbons (Fsp3) is 0.333. The predicted molar refractivity (Wildman–Crippen MR) is 36.5 cm³/mol. The molecule has 0 fully saturated rings. The molecule has 3 nitrogen and oxygen atoms in total. The van der Waals surface area contributed by atoms with E-state index in [0.717, 1.165) is 0 Å². The third-order valence-electron chi connectivity index (χ3n) is 1.14. The summed E-state index contributed by atoms with van der Waals surface area (Å²) in [6.07, 6.45) is -5.90. The Morgan fingerprint density at radius 2 is 1.86 bits per heavy atom. The van der Waals surface area contributed by atoms with Gasteiger partial charge in [-0.25, -0.2) is 0 Å². The van der Waals surface area contributed by atoms with Crippen molar-refractivity contribution in [3.05, 3.63) is 18.1 Å². The van der Waals surface area contributed by atoms with Crippen LogP contribution in [0.4, 0.5) is 27.8 Å². The summed E-state index contributed by atoms with van der Waals surface area (Å²) < 4.78 is 59.5. The molecule has 1 aromatic heterocycles. The van der Waals surface area contributed by atoms with Gasteiger partial charge in [0.1, 0.15) is 12.4 Å². The molecule has 8 heteroatoms. The van der Waals surface area contributed by atoms with E-state index in [2.05, 4.69) is 9.97 Å². The second kappa shape index (κ2) is 3.72. The summed E-state index contributed by atoms with van der Waals surface area (Å²) in [6.45, 7) is -1.41. The van der Waals surface area contributed by atoms with E-state index < -0.39 is 30.6 Å². The molecular formula is C6H4F5N3. The van der Waals surface area contributed by atoms with Crippen molar-refractivity contribution in [3.63, 3.8) is 0 Å². The predicted octanol–water partition coefficient (Wildman–Crippen LogP) is 1.73. The van der Waals surface area contributed by atoms with Gasteiger partial charge in [-0.05, 0) is 0 Å². The number of alkyl halides is 3. The van der Waals surface area contributed by atoms with Crippen LogP contribution in [0.3, 0.4) is 0 Å². The van der Waals surface area contributed by atoms with E-state index in [1.54, 1.807) is 5.32 Å². The average molecular weight is 213 g/mol. The molecule has 0 saturated heterocycles. The fourth-order valence-corrected chi connectivity index (χ4v) is 0.671. The zero-order chi connectivity index (χ0) is 10.8. The van der Waals surface area contributed by atoms with Crippen LogP contribution in [0.25, 0.3) is 0 Å². The Hall–Kier alpha value is -1.47. The average Bonchev–Trinajstić information content (AvgIpc) is 1.97. The standard InChI is InChI=1S/C6H4F5N3/c7-3-1-4(14-5(8)13-3)12-2-6(9,10)11/h1H,2H2,(H,12,13,14). The van der Waals surface area contributed by atoms with E-state index in [1.807, 2.05) is 0 Å². The molecule has 0 amide bonds. The zero-order valence-corrected chi connectivity index (χ0v) is 6.57. The minimum atomic E-state index is -4.47. The maximum Gasteiger partial charge on any atom is 0.405 e. The van der Waals surface area contributed by atoms with Crippen LogP contribution in [0.2, 0.25) is 0 Å². The topological polar surface area (TPSA) is 37.8 Å². The SMILES string of the molecule is Fc1cc(NCC(F)(F)F)nc(F)n1. The van der Waals surface area contributed by atoms with Crippen LogP contribution in [0.1, 0.15) is 0 Å². The lowest BCUT2D eigenvalue weighted by atomic mass is 10.5. The molecule has 0 radical (unpaired) electrons. The first-order valence-corrected chi connectivity index (χ1v) is 3.37. The van der Waals surface area contributed by atoms with Gasteiger partial charge in [0, 0.05) is 6.07 Å². The number of halogens is 5. The van der Waals surface area contributed by atoms with E-state index in [4.69, 9.17) is 0 Å². The Bertz CT molecular complexity index is 303. The highest BCUT2D eigenvalue weighted by molar-refractivity contribution is 5.32. The molecule has 1 aromatic rings. The Morgan fingerprint density at radius 1 is 1.21 bits per heavy atom. The molecule has 0 unspecified atom stereocenters. The molecule has 78 valence electrons. The summed E-state index contributed by atoms with van der Waals surface area (Å²) in [5, 5.41) is 1.71. The Labute approximate surface area is 75.0 Å². The summed E-state index contributed by atoms with van der Waals surface area (Å²) in [7, 11) is 0. The lowest BCUT2D eigenvalue weighted by Gasteiger charge is -2.07. The van der Waals surface area contributed by atoms with Gasteiger partial charge < -0.3 is 5.32 Å². The van der Waals surface area contributed by atoms with Crippen molar-refractivity contribution in [2.75, 3.05) is 11.9 Å². The molecule has 0 spiro atoms. The van der Waals surface area contributed by atoms with Gasteiger partial charge in [-0.15, -0.1) is 0 Å². The quantitative estimate of drug-likeness (QED) is 0.461. The van der Waals surface area contributed by atoms with E-state index in [0.29, 0.717) is 6.07 Å². The molecule has 14 heavy (non-hydrogen) atoms. The molecular weight excluding hydrogens is 209 g/mol. The molecule has 1 rings (SSSR count). The third-order valence-corrected chi connectivity index (χ3v) is 1.14. The smallest absolute Gasteiger partial charge is 0.361 e. The van der Waals surface area contributed by atoms with Crippen LogP contribution in [-0.2, 0) is 0 Å². The van der Waals surface area contributed by atoms with Gasteiger partial charge in [0.2, 0.25) is 5.95 Å². The molecule has 0 aromatic carbocycles. The Kier molecular flexibility index (Phi) is 2.82. The molecule has 1 N–H and O–H groups in total. The van der Waals surface area contributed by atoms with E-state index in [-0.39, 0.29) is 0 Å². The van der Waals surface area contributed by atoms with E-state index >= 15 is 0 Å². The summed E-state index contributed by atoms with van der Waals surface area (Å²) >= 11 is 0. The van der Waals surface area contributed by atoms with Crippen LogP contribution in [0.5, 0.6) is 0 Å². The summed E-state index contributed by atoms with van der Waals surface area (Å²) in [5.41, 5.74) is 0. The first-order valence-electron chi connectivity index (χ1n) is 3.37. The number of anilines is 1. The molecule has 0 atom stereocenters. The van der Waals surface area contributed by atoms with Gasteiger partial charge in [-0.3, -0.25) is 0 Å². The summed E-state index contributed by atoms with van der Waals surface area (Å²) in [4.78, 5) is 5.52. The van der Waals surface area contributed by atoms with Crippen molar-refractivity contribution in [2.24, 2.45) is 0 Å². The van der Waals surface area contributed by atoms with Crippen LogP contribution >= 0.6 is 0 Å². The Balaban J connectivity index is 2.68. The highest BCUT2D eigenvalue weighted by Gasteiger charge is 2.26. The second-order valence-corrected chi connectivity index (χ2v) is 2.31. The van der Waals surface area contributed by atoms with Crippen molar-refractivity contribution in [2.45, 2.75) is 6.18 Å². The largest absolute Gasteiger partial charge is 0.405 e. The van der Waals surface area contributed by atoms with Crippen LogP contribution in [-0.4, -0.2) is 22.7 Å². The van der Waals surface area contributed by atoms with E-state index in [9.17, 15) is 22.0 Å². The van der Waals surface area contributed by atoms with Crippen molar-refractivity contribution >= 4 is 5.82 Å². The summed E-state index contributed by atoms with van der Waals surface area (Å²) in [5.74, 6) is -1.78. The molecule has 0 aliphatic heterocycles. The lowest BCUT2D eigenvalue weighted by Crippen LogP contribution is -2.22. The minimum absolute atomic E-state index is 0.549. The van der Waals surface area contributed by atoms with Gasteiger partial charge >= 0.3 is 12.3 Å². The highest BCUT2D eigenvalue weighted by Crippen LogP contribution is 2.15. The zero-order valence-electron chi connectivity index (χ0n) is 6.57. The maximum atomic E-state index is 12.3. The first-order chi connectivity index (χ1) is 6.37. The normalized spacial score (nSPS) is 11.5. The molecule has 0 aliphatic carbocycles. The van der Waals surface area contributed by atoms with Crippen LogP contribution in [0, 0.1) is 12.0 Å². The Morgan fingerprint density at radius 3 is 2.36 bits per heavy atom.